The molecule has 0 amide bonds. The van der Waals surface area contributed by atoms with Gasteiger partial charge in [0.25, 0.3) is 0 Å². The molecule has 0 aliphatic carbocycles. The average Bonchev–Trinajstić information content (AvgIpc) is 2.37. The smallest absolute Gasteiger partial charge is 0.170 e. The number of benzene rings is 1. The molecule has 0 unspecified atom stereocenters. The van der Waals surface area contributed by atoms with Crippen LogP contribution in [0.5, 0.6) is 0 Å². The van der Waals surface area contributed by atoms with Crippen LogP contribution >= 0.6 is 11.6 Å². The maximum Gasteiger partial charge on any atom is 0.170 e. The Morgan fingerprint density at radius 2 is 2.28 bits per heavy atom. The van der Waals surface area contributed by atoms with Crippen LogP contribution in [0.25, 0.3) is 0 Å². The van der Waals surface area contributed by atoms with Gasteiger partial charge in [-0.1, -0.05) is 16.8 Å². The summed E-state index contributed by atoms with van der Waals surface area (Å²) in [5.74, 6) is 0.0421. The first-order chi connectivity index (χ1) is 8.60. The number of nitrogens with two attached hydrogens (primary N) is 1. The SMILES string of the molecule is CCOCCN(C)c1ccc(/C(N)=N/O)cc1Cl. The number of anilines is 1. The van der Waals surface area contributed by atoms with Crippen LogP contribution < -0.4 is 10.6 Å². The van der Waals surface area contributed by atoms with Gasteiger partial charge in [0.1, 0.15) is 0 Å². The number of halogens is 1. The summed E-state index contributed by atoms with van der Waals surface area (Å²) in [6.45, 7) is 4.05. The van der Waals surface area contributed by atoms with Gasteiger partial charge in [-0.3, -0.25) is 0 Å². The summed E-state index contributed by atoms with van der Waals surface area (Å²) in [5, 5.41) is 12.1. The van der Waals surface area contributed by atoms with Crippen LogP contribution in [-0.4, -0.2) is 37.8 Å². The molecule has 0 aromatic heterocycles. The Balaban J connectivity index is 2.78. The van der Waals surface area contributed by atoms with Crippen molar-refractivity contribution in [2.24, 2.45) is 10.9 Å². The van der Waals surface area contributed by atoms with Crippen molar-refractivity contribution in [3.63, 3.8) is 0 Å². The molecule has 1 aromatic rings. The largest absolute Gasteiger partial charge is 0.409 e. The summed E-state index contributed by atoms with van der Waals surface area (Å²) in [6, 6.07) is 5.26. The Hall–Kier alpha value is -1.46. The lowest BCUT2D eigenvalue weighted by Crippen LogP contribution is -2.23. The Bertz CT molecular complexity index is 424. The van der Waals surface area contributed by atoms with Crippen LogP contribution in [0.1, 0.15) is 12.5 Å². The highest BCUT2D eigenvalue weighted by Gasteiger charge is 2.08. The van der Waals surface area contributed by atoms with Gasteiger partial charge in [0.05, 0.1) is 17.3 Å². The zero-order valence-electron chi connectivity index (χ0n) is 10.6. The molecule has 0 atom stereocenters. The molecule has 0 aliphatic heterocycles. The molecule has 18 heavy (non-hydrogen) atoms. The molecule has 0 heterocycles. The van der Waals surface area contributed by atoms with E-state index >= 15 is 0 Å². The van der Waals surface area contributed by atoms with E-state index in [4.69, 9.17) is 27.3 Å². The highest BCUT2D eigenvalue weighted by Crippen LogP contribution is 2.25. The van der Waals surface area contributed by atoms with Gasteiger partial charge in [0.15, 0.2) is 5.84 Å². The third-order valence-corrected chi connectivity index (χ3v) is 2.84. The molecule has 0 bridgehead atoms. The molecule has 0 fully saturated rings. The fourth-order valence-electron chi connectivity index (χ4n) is 1.50. The van der Waals surface area contributed by atoms with Crippen molar-refractivity contribution in [3.05, 3.63) is 28.8 Å². The third kappa shape index (κ3) is 3.78. The summed E-state index contributed by atoms with van der Waals surface area (Å²) in [6.07, 6.45) is 0. The molecule has 0 saturated heterocycles. The van der Waals surface area contributed by atoms with Crippen molar-refractivity contribution in [1.82, 2.24) is 0 Å². The van der Waals surface area contributed by atoms with Gasteiger partial charge in [-0.25, -0.2) is 0 Å². The number of hydrogen-bond donors (Lipinski definition) is 2. The lowest BCUT2D eigenvalue weighted by Gasteiger charge is -2.20. The fraction of sp³-hybridized carbons (Fsp3) is 0.417. The maximum absolute atomic E-state index is 8.59. The zero-order valence-corrected chi connectivity index (χ0v) is 11.3. The van der Waals surface area contributed by atoms with E-state index in [1.165, 1.54) is 0 Å². The van der Waals surface area contributed by atoms with Crippen molar-refractivity contribution in [3.8, 4) is 0 Å². The van der Waals surface area contributed by atoms with Gasteiger partial charge < -0.3 is 20.6 Å². The van der Waals surface area contributed by atoms with Crippen molar-refractivity contribution in [2.75, 3.05) is 31.7 Å². The van der Waals surface area contributed by atoms with Gasteiger partial charge >= 0.3 is 0 Å². The number of ether oxygens (including phenoxy) is 1. The number of hydrogen-bond acceptors (Lipinski definition) is 4. The van der Waals surface area contributed by atoms with Crippen molar-refractivity contribution < 1.29 is 9.94 Å². The first-order valence-corrected chi connectivity index (χ1v) is 6.04. The minimum atomic E-state index is 0.0421. The maximum atomic E-state index is 8.59. The van der Waals surface area contributed by atoms with Gasteiger partial charge in [-0.15, -0.1) is 0 Å². The number of rotatable bonds is 6. The lowest BCUT2D eigenvalue weighted by molar-refractivity contribution is 0.154. The van der Waals surface area contributed by atoms with E-state index in [-0.39, 0.29) is 5.84 Å². The van der Waals surface area contributed by atoms with Gasteiger partial charge in [0.2, 0.25) is 0 Å². The van der Waals surface area contributed by atoms with Gasteiger partial charge in [-0.05, 0) is 25.1 Å². The predicted octanol–water partition coefficient (Wildman–Crippen LogP) is 1.91. The molecule has 0 saturated carbocycles. The van der Waals surface area contributed by atoms with Crippen LogP contribution in [-0.2, 0) is 4.74 Å². The number of amidine groups is 1. The zero-order chi connectivity index (χ0) is 13.5. The summed E-state index contributed by atoms with van der Waals surface area (Å²) in [4.78, 5) is 1.99. The van der Waals surface area contributed by atoms with E-state index in [9.17, 15) is 0 Å². The molecule has 1 rings (SSSR count). The van der Waals surface area contributed by atoms with Gasteiger partial charge in [-0.2, -0.15) is 0 Å². The minimum Gasteiger partial charge on any atom is -0.409 e. The highest BCUT2D eigenvalue weighted by atomic mass is 35.5. The number of oxime groups is 1. The summed E-state index contributed by atoms with van der Waals surface area (Å²) in [5.41, 5.74) is 6.96. The monoisotopic (exact) mass is 271 g/mol. The molecule has 5 nitrogen and oxygen atoms in total. The quantitative estimate of drug-likeness (QED) is 0.273. The first kappa shape index (κ1) is 14.6. The summed E-state index contributed by atoms with van der Waals surface area (Å²) < 4.78 is 5.29. The second-order valence-electron chi connectivity index (χ2n) is 3.77. The Labute approximate surface area is 112 Å². The van der Waals surface area contributed by atoms with E-state index in [2.05, 4.69) is 5.16 Å². The standard InChI is InChI=1S/C12H18ClN3O2/c1-3-18-7-6-16(2)11-5-4-9(8-10(11)13)12(14)15-17/h4-5,8,17H,3,6-7H2,1-2H3,(H2,14,15). The Morgan fingerprint density at radius 1 is 1.56 bits per heavy atom. The molecule has 0 radical (unpaired) electrons. The van der Waals surface area contributed by atoms with Crippen LogP contribution in [0.2, 0.25) is 5.02 Å². The fourth-order valence-corrected chi connectivity index (χ4v) is 1.82. The minimum absolute atomic E-state index is 0.0421. The summed E-state index contributed by atoms with van der Waals surface area (Å²) >= 11 is 6.16. The van der Waals surface area contributed by atoms with E-state index in [1.807, 2.05) is 24.9 Å². The topological polar surface area (TPSA) is 71.1 Å². The second kappa shape index (κ2) is 7.08. The van der Waals surface area contributed by atoms with Crippen LogP contribution in [0.3, 0.4) is 0 Å². The summed E-state index contributed by atoms with van der Waals surface area (Å²) in [7, 11) is 1.93. The highest BCUT2D eigenvalue weighted by molar-refractivity contribution is 6.33. The van der Waals surface area contributed by atoms with E-state index in [1.54, 1.807) is 12.1 Å². The third-order valence-electron chi connectivity index (χ3n) is 2.54. The molecule has 100 valence electrons. The molecule has 6 heteroatoms. The van der Waals surface area contributed by atoms with Crippen LogP contribution in [0, 0.1) is 0 Å². The molecule has 0 aliphatic rings. The van der Waals surface area contributed by atoms with Crippen LogP contribution in [0.4, 0.5) is 5.69 Å². The molecular formula is C12H18ClN3O2. The second-order valence-corrected chi connectivity index (χ2v) is 4.18. The predicted molar refractivity (Wildman–Crippen MR) is 73.7 cm³/mol. The Morgan fingerprint density at radius 3 is 2.83 bits per heavy atom. The molecule has 3 N–H and O–H groups in total. The number of nitrogens with zero attached hydrogens (tertiary/aromatic N) is 2. The first-order valence-electron chi connectivity index (χ1n) is 5.66. The van der Waals surface area contributed by atoms with Gasteiger partial charge in [0, 0.05) is 25.8 Å². The van der Waals surface area contributed by atoms with Crippen molar-refractivity contribution >= 4 is 23.1 Å². The van der Waals surface area contributed by atoms with Crippen molar-refractivity contribution in [2.45, 2.75) is 6.92 Å². The molecule has 0 spiro atoms. The lowest BCUT2D eigenvalue weighted by atomic mass is 10.2. The van der Waals surface area contributed by atoms with E-state index in [0.717, 1.165) is 12.2 Å². The van der Waals surface area contributed by atoms with Crippen LogP contribution in [0.15, 0.2) is 23.4 Å². The van der Waals surface area contributed by atoms with Crippen molar-refractivity contribution in [1.29, 1.82) is 0 Å². The van der Waals surface area contributed by atoms with E-state index < -0.39 is 0 Å². The normalized spacial score (nSPS) is 11.6. The number of likely N-dealkylation sites (N-methyl/N-ethyl adjacent to an activating group) is 1. The molecule has 1 aromatic carbocycles. The van der Waals surface area contributed by atoms with E-state index in [0.29, 0.717) is 23.8 Å². The molecular weight excluding hydrogens is 254 g/mol. The Kier molecular flexibility index (Phi) is 5.74. The average molecular weight is 272 g/mol.